The number of methoxy groups -OCH3 is 1. The molecule has 3 aromatic heterocycles. The van der Waals surface area contributed by atoms with Crippen LogP contribution in [0.5, 0.6) is 0 Å². The summed E-state index contributed by atoms with van der Waals surface area (Å²) in [6, 6.07) is 5.77. The second-order valence-electron chi connectivity index (χ2n) is 7.32. The van der Waals surface area contributed by atoms with Crippen molar-refractivity contribution in [3.63, 3.8) is 0 Å². The highest BCUT2D eigenvalue weighted by Gasteiger charge is 2.26. The fraction of sp³-hybridized carbons (Fsp3) is 0.455. The predicted molar refractivity (Wildman–Crippen MR) is 123 cm³/mol. The number of hydrogen-bond donors (Lipinski definition) is 1. The summed E-state index contributed by atoms with van der Waals surface area (Å²) in [5.41, 5.74) is 2.47. The highest BCUT2D eigenvalue weighted by atomic mass is 32.2. The number of rotatable bonds is 8. The average Bonchev–Trinajstić information content (AvgIpc) is 3.23. The van der Waals surface area contributed by atoms with Crippen LogP contribution < -0.4 is 5.32 Å². The van der Waals surface area contributed by atoms with Gasteiger partial charge in [0.05, 0.1) is 11.3 Å². The van der Waals surface area contributed by atoms with Crippen LogP contribution in [0.25, 0.3) is 21.7 Å². The zero-order valence-corrected chi connectivity index (χ0v) is 18.7. The molecule has 1 N–H and O–H groups in total. The van der Waals surface area contributed by atoms with Crippen molar-refractivity contribution in [1.82, 2.24) is 20.3 Å². The largest absolute Gasteiger partial charge is 0.385 e. The molecule has 1 amide bonds. The van der Waals surface area contributed by atoms with Crippen LogP contribution in [0.3, 0.4) is 0 Å². The van der Waals surface area contributed by atoms with Crippen LogP contribution >= 0.6 is 23.1 Å². The molecule has 1 saturated heterocycles. The lowest BCUT2D eigenvalue weighted by atomic mass is 9.95. The fourth-order valence-corrected chi connectivity index (χ4v) is 5.71. The summed E-state index contributed by atoms with van der Waals surface area (Å²) >= 11 is 3.50. The summed E-state index contributed by atoms with van der Waals surface area (Å²) in [5.74, 6) is 3.20. The molecule has 1 fully saturated rings. The SMILES string of the molecule is COCCCCNC(=O)c1csc2nc(-c3ccccn3)nc(C3CCSCC3)c12. The molecule has 0 aromatic carbocycles. The van der Waals surface area contributed by atoms with Crippen LogP contribution in [0.2, 0.25) is 0 Å². The molecule has 1 aliphatic rings. The molecule has 0 aliphatic carbocycles. The van der Waals surface area contributed by atoms with Crippen molar-refractivity contribution in [3.8, 4) is 11.5 Å². The van der Waals surface area contributed by atoms with Crippen molar-refractivity contribution >= 4 is 39.2 Å². The summed E-state index contributed by atoms with van der Waals surface area (Å²) in [4.78, 5) is 28.0. The van der Waals surface area contributed by atoms with Crippen LogP contribution in [0.15, 0.2) is 29.8 Å². The third-order valence-corrected chi connectivity index (χ3v) is 7.19. The number of pyridine rings is 1. The van der Waals surface area contributed by atoms with Gasteiger partial charge in [0.2, 0.25) is 0 Å². The highest BCUT2D eigenvalue weighted by Crippen LogP contribution is 2.38. The molecular formula is C22H26N4O2S2. The van der Waals surface area contributed by atoms with E-state index in [0.29, 0.717) is 30.5 Å². The third-order valence-electron chi connectivity index (χ3n) is 5.27. The maximum absolute atomic E-state index is 12.9. The predicted octanol–water partition coefficient (Wildman–Crippen LogP) is 4.52. The molecule has 30 heavy (non-hydrogen) atoms. The summed E-state index contributed by atoms with van der Waals surface area (Å²) in [5, 5.41) is 5.90. The van der Waals surface area contributed by atoms with Gasteiger partial charge in [-0.1, -0.05) is 6.07 Å². The van der Waals surface area contributed by atoms with Gasteiger partial charge in [-0.25, -0.2) is 9.97 Å². The lowest BCUT2D eigenvalue weighted by Gasteiger charge is -2.22. The van der Waals surface area contributed by atoms with E-state index in [2.05, 4.69) is 10.3 Å². The molecule has 0 spiro atoms. The van der Waals surface area contributed by atoms with Gasteiger partial charge in [0, 0.05) is 43.1 Å². The Balaban J connectivity index is 1.68. The van der Waals surface area contributed by atoms with Crippen LogP contribution in [-0.4, -0.2) is 52.6 Å². The van der Waals surface area contributed by atoms with E-state index >= 15 is 0 Å². The van der Waals surface area contributed by atoms with Crippen molar-refractivity contribution in [2.45, 2.75) is 31.6 Å². The molecule has 0 atom stereocenters. The van der Waals surface area contributed by atoms with E-state index in [4.69, 9.17) is 14.7 Å². The van der Waals surface area contributed by atoms with Gasteiger partial charge >= 0.3 is 0 Å². The zero-order chi connectivity index (χ0) is 20.8. The Labute approximate surface area is 184 Å². The number of aromatic nitrogens is 3. The first-order valence-electron chi connectivity index (χ1n) is 10.3. The van der Waals surface area contributed by atoms with E-state index in [9.17, 15) is 4.79 Å². The number of nitrogens with one attached hydrogen (secondary N) is 1. The first-order valence-corrected chi connectivity index (χ1v) is 12.4. The number of nitrogens with zero attached hydrogens (tertiary/aromatic N) is 3. The van der Waals surface area contributed by atoms with Gasteiger partial charge in [0.15, 0.2) is 5.82 Å². The second kappa shape index (κ2) is 10.3. The summed E-state index contributed by atoms with van der Waals surface area (Å²) < 4.78 is 5.07. The number of hydrogen-bond acceptors (Lipinski definition) is 7. The Morgan fingerprint density at radius 1 is 1.23 bits per heavy atom. The number of unbranched alkanes of at least 4 members (excludes halogenated alkanes) is 1. The van der Waals surface area contributed by atoms with Gasteiger partial charge in [0.25, 0.3) is 5.91 Å². The summed E-state index contributed by atoms with van der Waals surface area (Å²) in [6.07, 6.45) is 5.74. The van der Waals surface area contributed by atoms with Crippen LogP contribution in [-0.2, 0) is 4.74 Å². The van der Waals surface area contributed by atoms with Gasteiger partial charge in [-0.05, 0) is 49.3 Å². The van der Waals surface area contributed by atoms with E-state index in [1.165, 1.54) is 11.3 Å². The number of thioether (sulfide) groups is 1. The Morgan fingerprint density at radius 3 is 2.87 bits per heavy atom. The summed E-state index contributed by atoms with van der Waals surface area (Å²) in [6.45, 7) is 1.35. The van der Waals surface area contributed by atoms with Gasteiger partial charge in [-0.2, -0.15) is 11.8 Å². The minimum Gasteiger partial charge on any atom is -0.385 e. The normalized spacial score (nSPS) is 14.8. The Hall–Kier alpha value is -2.03. The first kappa shape index (κ1) is 21.2. The minimum absolute atomic E-state index is 0.0423. The van der Waals surface area contributed by atoms with Crippen LogP contribution in [0, 0.1) is 0 Å². The molecule has 4 rings (SSSR count). The molecule has 0 saturated carbocycles. The van der Waals surface area contributed by atoms with E-state index < -0.39 is 0 Å². The van der Waals surface area contributed by atoms with Crippen molar-refractivity contribution in [2.75, 3.05) is 31.8 Å². The van der Waals surface area contributed by atoms with Gasteiger partial charge < -0.3 is 10.1 Å². The van der Waals surface area contributed by atoms with Gasteiger partial charge in [0.1, 0.15) is 10.5 Å². The smallest absolute Gasteiger partial charge is 0.252 e. The monoisotopic (exact) mass is 442 g/mol. The van der Waals surface area contributed by atoms with Crippen molar-refractivity contribution in [1.29, 1.82) is 0 Å². The van der Waals surface area contributed by atoms with Gasteiger partial charge in [-0.3, -0.25) is 9.78 Å². The first-order chi connectivity index (χ1) is 14.8. The van der Waals surface area contributed by atoms with Crippen LogP contribution in [0.1, 0.15) is 47.7 Å². The molecule has 6 nitrogen and oxygen atoms in total. The van der Waals surface area contributed by atoms with E-state index in [-0.39, 0.29) is 5.91 Å². The van der Waals surface area contributed by atoms with E-state index in [0.717, 1.165) is 58.8 Å². The number of carbonyl (C=O) groups is 1. The van der Waals surface area contributed by atoms with E-state index in [1.54, 1.807) is 13.3 Å². The number of fused-ring (bicyclic) bond motifs is 1. The summed E-state index contributed by atoms with van der Waals surface area (Å²) in [7, 11) is 1.70. The van der Waals surface area contributed by atoms with Crippen molar-refractivity contribution in [2.24, 2.45) is 0 Å². The number of thiophene rings is 1. The number of ether oxygens (including phenoxy) is 1. The Morgan fingerprint density at radius 2 is 2.10 bits per heavy atom. The number of carbonyl (C=O) groups excluding carboxylic acids is 1. The maximum Gasteiger partial charge on any atom is 0.252 e. The minimum atomic E-state index is -0.0423. The molecule has 0 unspecified atom stereocenters. The molecule has 4 heterocycles. The van der Waals surface area contributed by atoms with Crippen LogP contribution in [0.4, 0.5) is 0 Å². The standard InChI is InChI=1S/C22H26N4O2S2/c1-28-11-5-4-10-24-21(27)16-14-30-22-18(16)19(15-7-12-29-13-8-15)25-20(26-22)17-6-2-3-9-23-17/h2-3,6,9,14-15H,4-5,7-8,10-13H2,1H3,(H,24,27). The second-order valence-corrected chi connectivity index (χ2v) is 9.40. The molecular weight excluding hydrogens is 416 g/mol. The molecule has 1 aliphatic heterocycles. The lowest BCUT2D eigenvalue weighted by Crippen LogP contribution is -2.25. The topological polar surface area (TPSA) is 77.0 Å². The van der Waals surface area contributed by atoms with Crippen molar-refractivity contribution in [3.05, 3.63) is 41.0 Å². The quantitative estimate of drug-likeness (QED) is 0.517. The fourth-order valence-electron chi connectivity index (χ4n) is 3.68. The number of amides is 1. The third kappa shape index (κ3) is 4.82. The molecule has 0 radical (unpaired) electrons. The Kier molecular flexibility index (Phi) is 7.30. The molecule has 0 bridgehead atoms. The molecule has 8 heteroatoms. The highest BCUT2D eigenvalue weighted by molar-refractivity contribution is 7.99. The Bertz CT molecular complexity index is 987. The van der Waals surface area contributed by atoms with Crippen molar-refractivity contribution < 1.29 is 9.53 Å². The molecule has 3 aromatic rings. The average molecular weight is 443 g/mol. The molecule has 158 valence electrons. The van der Waals surface area contributed by atoms with Gasteiger partial charge in [-0.15, -0.1) is 11.3 Å². The maximum atomic E-state index is 12.9. The lowest BCUT2D eigenvalue weighted by molar-refractivity contribution is 0.0953. The zero-order valence-electron chi connectivity index (χ0n) is 17.1. The van der Waals surface area contributed by atoms with E-state index in [1.807, 2.05) is 35.3 Å².